The number of benzene rings is 1. The van der Waals surface area contributed by atoms with Crippen LogP contribution in [0.5, 0.6) is 0 Å². The fourth-order valence-corrected chi connectivity index (χ4v) is 1.68. The van der Waals surface area contributed by atoms with E-state index in [0.717, 1.165) is 0 Å². The minimum absolute atomic E-state index is 0.227. The minimum atomic E-state index is -1.11. The van der Waals surface area contributed by atoms with Gasteiger partial charge in [-0.15, -0.1) is 0 Å². The third-order valence-electron chi connectivity index (χ3n) is 2.51. The number of methoxy groups -OCH3 is 1. The lowest BCUT2D eigenvalue weighted by molar-refractivity contribution is -0.142. The molecule has 19 heavy (non-hydrogen) atoms. The van der Waals surface area contributed by atoms with Crippen molar-refractivity contribution in [3.8, 4) is 0 Å². The van der Waals surface area contributed by atoms with Crippen molar-refractivity contribution in [2.45, 2.75) is 18.9 Å². The van der Waals surface area contributed by atoms with E-state index in [9.17, 15) is 9.59 Å². The second-order valence-corrected chi connectivity index (χ2v) is 4.42. The zero-order valence-corrected chi connectivity index (χ0v) is 11.3. The summed E-state index contributed by atoms with van der Waals surface area (Å²) in [7, 11) is 1.55. The molecule has 5 nitrogen and oxygen atoms in total. The number of carboxylic acids is 1. The Bertz CT molecular complexity index is 433. The zero-order valence-electron chi connectivity index (χ0n) is 10.6. The first kappa shape index (κ1) is 15.5. The number of ether oxygens (including phenoxy) is 1. The van der Waals surface area contributed by atoms with Gasteiger partial charge in [-0.05, 0) is 24.1 Å². The number of carbonyl (C=O) groups excluding carboxylic acids is 1. The minimum Gasteiger partial charge on any atom is -0.479 e. The summed E-state index contributed by atoms with van der Waals surface area (Å²) in [6.07, 6.45) is 0.778. The summed E-state index contributed by atoms with van der Waals surface area (Å²) in [6.45, 7) is 0.464. The number of carbonyl (C=O) groups is 2. The molecule has 1 aromatic rings. The predicted molar refractivity (Wildman–Crippen MR) is 71.1 cm³/mol. The van der Waals surface area contributed by atoms with Gasteiger partial charge in [-0.1, -0.05) is 23.7 Å². The molecule has 1 amide bonds. The molecular weight excluding hydrogens is 270 g/mol. The lowest BCUT2D eigenvalue weighted by Gasteiger charge is -2.15. The Labute approximate surface area is 116 Å². The van der Waals surface area contributed by atoms with Crippen LogP contribution in [0, 0.1) is 0 Å². The van der Waals surface area contributed by atoms with Crippen LogP contribution in [0.4, 0.5) is 0 Å². The predicted octanol–water partition coefficient (Wildman–Crippen LogP) is 2.01. The summed E-state index contributed by atoms with van der Waals surface area (Å²) in [5.74, 6) is -1.43. The maximum atomic E-state index is 11.6. The van der Waals surface area contributed by atoms with Crippen LogP contribution in [0.3, 0.4) is 0 Å². The number of rotatable bonds is 7. The molecule has 0 aliphatic rings. The average Bonchev–Trinajstić information content (AvgIpc) is 2.37. The molecule has 104 valence electrons. The summed E-state index contributed by atoms with van der Waals surface area (Å²) >= 11 is 5.74. The molecule has 0 heterocycles. The molecule has 1 rings (SSSR count). The molecule has 6 heteroatoms. The molecule has 0 saturated carbocycles. The van der Waals surface area contributed by atoms with Gasteiger partial charge in [0, 0.05) is 25.2 Å². The Morgan fingerprint density at radius 3 is 2.53 bits per heavy atom. The van der Waals surface area contributed by atoms with E-state index >= 15 is 0 Å². The van der Waals surface area contributed by atoms with Gasteiger partial charge in [0.25, 0.3) is 0 Å². The van der Waals surface area contributed by atoms with Gasteiger partial charge in [-0.3, -0.25) is 4.79 Å². The van der Waals surface area contributed by atoms with Crippen LogP contribution in [-0.2, 0) is 14.3 Å². The third-order valence-corrected chi connectivity index (χ3v) is 2.76. The lowest BCUT2D eigenvalue weighted by Crippen LogP contribution is -2.33. The quantitative estimate of drug-likeness (QED) is 0.752. The topological polar surface area (TPSA) is 75.6 Å². The van der Waals surface area contributed by atoms with E-state index < -0.39 is 12.0 Å². The molecule has 0 aliphatic carbocycles. The molecule has 1 unspecified atom stereocenters. The van der Waals surface area contributed by atoms with E-state index in [-0.39, 0.29) is 12.3 Å². The molecule has 0 saturated heterocycles. The van der Waals surface area contributed by atoms with Crippen LogP contribution in [0.2, 0.25) is 5.02 Å². The summed E-state index contributed by atoms with van der Waals surface area (Å²) in [6, 6.07) is 5.27. The molecule has 2 N–H and O–H groups in total. The first-order chi connectivity index (χ1) is 9.04. The van der Waals surface area contributed by atoms with Crippen LogP contribution in [0.15, 0.2) is 24.3 Å². The first-order valence-corrected chi connectivity index (χ1v) is 6.19. The molecular formula is C13H16ClNO4. The van der Waals surface area contributed by atoms with Gasteiger partial charge in [-0.25, -0.2) is 4.79 Å². The highest BCUT2D eigenvalue weighted by Gasteiger charge is 2.21. The smallest absolute Gasteiger partial charge is 0.330 e. The van der Waals surface area contributed by atoms with Crippen molar-refractivity contribution in [1.29, 1.82) is 0 Å². The van der Waals surface area contributed by atoms with Gasteiger partial charge < -0.3 is 15.2 Å². The fourth-order valence-electron chi connectivity index (χ4n) is 1.55. The zero-order chi connectivity index (χ0) is 14.3. The largest absolute Gasteiger partial charge is 0.479 e. The van der Waals surface area contributed by atoms with Crippen molar-refractivity contribution in [3.63, 3.8) is 0 Å². The number of hydrogen-bond donors (Lipinski definition) is 2. The highest BCUT2D eigenvalue weighted by atomic mass is 35.5. The van der Waals surface area contributed by atoms with Gasteiger partial charge in [-0.2, -0.15) is 0 Å². The van der Waals surface area contributed by atoms with Crippen LogP contribution >= 0.6 is 11.6 Å². The highest BCUT2D eigenvalue weighted by molar-refractivity contribution is 6.30. The van der Waals surface area contributed by atoms with E-state index in [1.54, 1.807) is 31.4 Å². The van der Waals surface area contributed by atoms with E-state index in [1.807, 2.05) is 0 Å². The first-order valence-electron chi connectivity index (χ1n) is 5.81. The van der Waals surface area contributed by atoms with Crippen LogP contribution in [0.1, 0.15) is 24.4 Å². The van der Waals surface area contributed by atoms with Gasteiger partial charge in [0.1, 0.15) is 0 Å². The average molecular weight is 286 g/mol. The van der Waals surface area contributed by atoms with Gasteiger partial charge >= 0.3 is 5.97 Å². The van der Waals surface area contributed by atoms with Crippen molar-refractivity contribution in [2.75, 3.05) is 13.7 Å². The third kappa shape index (κ3) is 5.28. The standard InChI is InChI=1S/C13H16ClNO4/c1-19-8-2-3-11(16)15-12(13(17)18)9-4-6-10(14)7-5-9/h4-7,12H,2-3,8H2,1H3,(H,15,16)(H,17,18). The number of halogens is 1. The number of amides is 1. The number of carboxylic acid groups (broad SMARTS) is 1. The number of hydrogen-bond acceptors (Lipinski definition) is 3. The normalized spacial score (nSPS) is 11.9. The molecule has 0 radical (unpaired) electrons. The highest BCUT2D eigenvalue weighted by Crippen LogP contribution is 2.17. The maximum absolute atomic E-state index is 11.6. The molecule has 0 aliphatic heterocycles. The molecule has 1 aromatic carbocycles. The van der Waals surface area contributed by atoms with E-state index in [0.29, 0.717) is 23.6 Å². The summed E-state index contributed by atoms with van der Waals surface area (Å²) < 4.78 is 4.83. The molecule has 0 spiro atoms. The number of nitrogens with one attached hydrogen (secondary N) is 1. The van der Waals surface area contributed by atoms with Crippen LogP contribution < -0.4 is 5.32 Å². The van der Waals surface area contributed by atoms with Crippen molar-refractivity contribution >= 4 is 23.5 Å². The van der Waals surface area contributed by atoms with Crippen molar-refractivity contribution in [3.05, 3.63) is 34.9 Å². The SMILES string of the molecule is COCCCC(=O)NC(C(=O)O)c1ccc(Cl)cc1. The summed E-state index contributed by atoms with van der Waals surface area (Å²) in [4.78, 5) is 22.8. The van der Waals surface area contributed by atoms with Gasteiger partial charge in [0.05, 0.1) is 0 Å². The van der Waals surface area contributed by atoms with E-state index in [1.165, 1.54) is 0 Å². The Hall–Kier alpha value is -1.59. The lowest BCUT2D eigenvalue weighted by atomic mass is 10.1. The van der Waals surface area contributed by atoms with E-state index in [2.05, 4.69) is 5.32 Å². The Morgan fingerprint density at radius 1 is 1.37 bits per heavy atom. The molecule has 0 bridgehead atoms. The molecule has 0 fully saturated rings. The van der Waals surface area contributed by atoms with Crippen molar-refractivity contribution in [1.82, 2.24) is 5.32 Å². The second kappa shape index (κ2) is 7.76. The fraction of sp³-hybridized carbons (Fsp3) is 0.385. The van der Waals surface area contributed by atoms with Gasteiger partial charge in [0.2, 0.25) is 5.91 Å². The van der Waals surface area contributed by atoms with E-state index in [4.69, 9.17) is 21.4 Å². The Morgan fingerprint density at radius 2 is 2.00 bits per heavy atom. The van der Waals surface area contributed by atoms with Crippen LogP contribution in [0.25, 0.3) is 0 Å². The second-order valence-electron chi connectivity index (χ2n) is 3.99. The maximum Gasteiger partial charge on any atom is 0.330 e. The Balaban J connectivity index is 2.65. The van der Waals surface area contributed by atoms with Crippen LogP contribution in [-0.4, -0.2) is 30.7 Å². The van der Waals surface area contributed by atoms with Crippen molar-refractivity contribution in [2.24, 2.45) is 0 Å². The van der Waals surface area contributed by atoms with Gasteiger partial charge in [0.15, 0.2) is 6.04 Å². The summed E-state index contributed by atoms with van der Waals surface area (Å²) in [5.41, 5.74) is 0.483. The summed E-state index contributed by atoms with van der Waals surface area (Å²) in [5, 5.41) is 12.1. The number of aliphatic carboxylic acids is 1. The van der Waals surface area contributed by atoms with Crippen molar-refractivity contribution < 1.29 is 19.4 Å². The molecule has 1 atom stereocenters. The Kier molecular flexibility index (Phi) is 6.32. The monoisotopic (exact) mass is 285 g/mol. The molecule has 0 aromatic heterocycles.